The van der Waals surface area contributed by atoms with Crippen LogP contribution in [0.1, 0.15) is 21.5 Å². The van der Waals surface area contributed by atoms with E-state index in [2.05, 4.69) is 37.4 Å². The van der Waals surface area contributed by atoms with E-state index in [0.717, 1.165) is 33.3 Å². The molecule has 154 valence electrons. The molecule has 0 saturated carbocycles. The zero-order chi connectivity index (χ0) is 21.4. The molecular weight excluding hydrogens is 388 g/mol. The van der Waals surface area contributed by atoms with Crippen molar-refractivity contribution in [2.24, 2.45) is 0 Å². The minimum atomic E-state index is -0.193. The highest BCUT2D eigenvalue weighted by Crippen LogP contribution is 2.33. The molecule has 3 aromatic carbocycles. The molecule has 1 N–H and O–H groups in total. The van der Waals surface area contributed by atoms with Crippen LogP contribution in [0, 0.1) is 13.8 Å². The van der Waals surface area contributed by atoms with Gasteiger partial charge in [-0.2, -0.15) is 0 Å². The number of rotatable bonds is 3. The zero-order valence-electron chi connectivity index (χ0n) is 17.4. The Hall–Kier alpha value is -3.86. The summed E-state index contributed by atoms with van der Waals surface area (Å²) in [7, 11) is 0. The van der Waals surface area contributed by atoms with Gasteiger partial charge >= 0.3 is 0 Å². The number of amides is 1. The van der Waals surface area contributed by atoms with Gasteiger partial charge in [0.25, 0.3) is 5.91 Å². The van der Waals surface area contributed by atoms with Gasteiger partial charge in [0.15, 0.2) is 11.5 Å². The fraction of sp³-hybridized carbons (Fsp3) is 0.154. The standard InChI is InChI=1S/C26H22N2O3/c1-16-7-8-17(2)20(13-16)23-15-21(19-5-3-4-6-22(19)28-23)26(29)27-18-9-10-24-25(14-18)31-12-11-30-24/h3-10,13-15H,11-12H2,1-2H3,(H,27,29). The van der Waals surface area contributed by atoms with Crippen LogP contribution in [0.15, 0.2) is 66.7 Å². The zero-order valence-corrected chi connectivity index (χ0v) is 17.4. The molecule has 0 aliphatic carbocycles. The van der Waals surface area contributed by atoms with E-state index in [1.54, 1.807) is 6.07 Å². The molecule has 0 radical (unpaired) electrons. The molecule has 2 heterocycles. The average Bonchev–Trinajstić information content (AvgIpc) is 2.79. The van der Waals surface area contributed by atoms with Gasteiger partial charge < -0.3 is 14.8 Å². The van der Waals surface area contributed by atoms with Gasteiger partial charge in [0.2, 0.25) is 0 Å². The first-order valence-corrected chi connectivity index (χ1v) is 10.3. The fourth-order valence-electron chi connectivity index (χ4n) is 3.83. The second-order valence-electron chi connectivity index (χ2n) is 7.70. The Morgan fingerprint density at radius 1 is 0.903 bits per heavy atom. The lowest BCUT2D eigenvalue weighted by Crippen LogP contribution is -2.16. The van der Waals surface area contributed by atoms with Crippen molar-refractivity contribution in [2.45, 2.75) is 13.8 Å². The van der Waals surface area contributed by atoms with Crippen molar-refractivity contribution in [1.29, 1.82) is 0 Å². The molecule has 31 heavy (non-hydrogen) atoms. The van der Waals surface area contributed by atoms with E-state index in [9.17, 15) is 4.79 Å². The number of aromatic nitrogens is 1. The van der Waals surface area contributed by atoms with Gasteiger partial charge in [0.05, 0.1) is 16.8 Å². The number of hydrogen-bond acceptors (Lipinski definition) is 4. The van der Waals surface area contributed by atoms with Crippen LogP contribution in [0.5, 0.6) is 11.5 Å². The third kappa shape index (κ3) is 3.70. The molecule has 5 heteroatoms. The summed E-state index contributed by atoms with van der Waals surface area (Å²) in [6.45, 7) is 5.14. The van der Waals surface area contributed by atoms with Crippen molar-refractivity contribution >= 4 is 22.5 Å². The number of para-hydroxylation sites is 1. The van der Waals surface area contributed by atoms with Crippen LogP contribution in [0.25, 0.3) is 22.2 Å². The van der Waals surface area contributed by atoms with Gasteiger partial charge in [-0.15, -0.1) is 0 Å². The largest absolute Gasteiger partial charge is 0.486 e. The number of benzene rings is 3. The fourth-order valence-corrected chi connectivity index (χ4v) is 3.83. The lowest BCUT2D eigenvalue weighted by molar-refractivity contribution is 0.102. The molecule has 1 aliphatic rings. The van der Waals surface area contributed by atoms with Crippen LogP contribution in [0.3, 0.4) is 0 Å². The van der Waals surface area contributed by atoms with E-state index in [4.69, 9.17) is 14.5 Å². The molecular formula is C26H22N2O3. The van der Waals surface area contributed by atoms with Gasteiger partial charge in [-0.25, -0.2) is 4.98 Å². The summed E-state index contributed by atoms with van der Waals surface area (Å²) in [5.74, 6) is 1.14. The Bertz CT molecular complexity index is 1310. The van der Waals surface area contributed by atoms with Crippen molar-refractivity contribution in [3.8, 4) is 22.8 Å². The maximum Gasteiger partial charge on any atom is 0.256 e. The minimum Gasteiger partial charge on any atom is -0.486 e. The highest BCUT2D eigenvalue weighted by atomic mass is 16.6. The third-order valence-electron chi connectivity index (χ3n) is 5.43. The van der Waals surface area contributed by atoms with E-state index >= 15 is 0 Å². The number of nitrogens with zero attached hydrogens (tertiary/aromatic N) is 1. The van der Waals surface area contributed by atoms with Crippen LogP contribution < -0.4 is 14.8 Å². The Labute approximate surface area is 180 Å². The Morgan fingerprint density at radius 3 is 2.58 bits per heavy atom. The molecule has 1 aliphatic heterocycles. The molecule has 0 atom stereocenters. The predicted molar refractivity (Wildman–Crippen MR) is 122 cm³/mol. The molecule has 0 unspecified atom stereocenters. The Balaban J connectivity index is 1.57. The van der Waals surface area contributed by atoms with E-state index in [1.165, 1.54) is 0 Å². The molecule has 5 rings (SSSR count). The average molecular weight is 410 g/mol. The van der Waals surface area contributed by atoms with Crippen LogP contribution in [0.4, 0.5) is 5.69 Å². The molecule has 5 nitrogen and oxygen atoms in total. The van der Waals surface area contributed by atoms with Crippen molar-refractivity contribution < 1.29 is 14.3 Å². The highest BCUT2D eigenvalue weighted by molar-refractivity contribution is 6.13. The molecule has 1 aromatic heterocycles. The summed E-state index contributed by atoms with van der Waals surface area (Å²) < 4.78 is 11.2. The second-order valence-corrected chi connectivity index (χ2v) is 7.70. The number of ether oxygens (including phenoxy) is 2. The van der Waals surface area contributed by atoms with Crippen molar-refractivity contribution in [3.63, 3.8) is 0 Å². The van der Waals surface area contributed by atoms with Gasteiger partial charge in [0.1, 0.15) is 13.2 Å². The summed E-state index contributed by atoms with van der Waals surface area (Å²) >= 11 is 0. The summed E-state index contributed by atoms with van der Waals surface area (Å²) in [5, 5.41) is 3.81. The quantitative estimate of drug-likeness (QED) is 0.482. The second kappa shape index (κ2) is 7.76. The van der Waals surface area contributed by atoms with Gasteiger partial charge in [-0.3, -0.25) is 4.79 Å². The lowest BCUT2D eigenvalue weighted by Gasteiger charge is -2.19. The van der Waals surface area contributed by atoms with Crippen LogP contribution >= 0.6 is 0 Å². The smallest absolute Gasteiger partial charge is 0.256 e. The number of carbonyl (C=O) groups is 1. The van der Waals surface area contributed by atoms with Gasteiger partial charge in [0, 0.05) is 22.7 Å². The number of pyridine rings is 1. The first-order valence-electron chi connectivity index (χ1n) is 10.3. The summed E-state index contributed by atoms with van der Waals surface area (Å²) in [6.07, 6.45) is 0. The number of aryl methyl sites for hydroxylation is 2. The summed E-state index contributed by atoms with van der Waals surface area (Å²) in [5.41, 5.74) is 6.10. The molecule has 0 fully saturated rings. The number of anilines is 1. The molecule has 0 bridgehead atoms. The predicted octanol–water partition coefficient (Wildman–Crippen LogP) is 5.54. The lowest BCUT2D eigenvalue weighted by atomic mass is 9.99. The Morgan fingerprint density at radius 2 is 1.71 bits per heavy atom. The van der Waals surface area contributed by atoms with E-state index in [1.807, 2.05) is 42.5 Å². The number of nitrogens with one attached hydrogen (secondary N) is 1. The first kappa shape index (κ1) is 19.1. The number of fused-ring (bicyclic) bond motifs is 2. The topological polar surface area (TPSA) is 60.5 Å². The maximum absolute atomic E-state index is 13.3. The van der Waals surface area contributed by atoms with E-state index in [0.29, 0.717) is 36.0 Å². The van der Waals surface area contributed by atoms with Crippen molar-refractivity contribution in [1.82, 2.24) is 4.98 Å². The normalized spacial score (nSPS) is 12.6. The first-order chi connectivity index (χ1) is 15.1. The summed E-state index contributed by atoms with van der Waals surface area (Å²) in [4.78, 5) is 18.2. The molecule has 0 spiro atoms. The Kier molecular flexibility index (Phi) is 4.79. The minimum absolute atomic E-state index is 0.193. The number of hydrogen-bond donors (Lipinski definition) is 1. The van der Waals surface area contributed by atoms with Crippen molar-refractivity contribution in [3.05, 3.63) is 83.4 Å². The highest BCUT2D eigenvalue weighted by Gasteiger charge is 2.17. The summed E-state index contributed by atoms with van der Waals surface area (Å²) in [6, 6.07) is 21.3. The SMILES string of the molecule is Cc1ccc(C)c(-c2cc(C(=O)Nc3ccc4c(c3)OCCO4)c3ccccc3n2)c1. The molecule has 4 aromatic rings. The van der Waals surface area contributed by atoms with Crippen LogP contribution in [-0.4, -0.2) is 24.1 Å². The van der Waals surface area contributed by atoms with Crippen LogP contribution in [0.2, 0.25) is 0 Å². The van der Waals surface area contributed by atoms with E-state index < -0.39 is 0 Å². The number of carbonyl (C=O) groups excluding carboxylic acids is 1. The van der Waals surface area contributed by atoms with Gasteiger partial charge in [-0.1, -0.05) is 35.9 Å². The van der Waals surface area contributed by atoms with Gasteiger partial charge in [-0.05, 0) is 49.7 Å². The molecule has 1 amide bonds. The van der Waals surface area contributed by atoms with Crippen LogP contribution in [-0.2, 0) is 0 Å². The third-order valence-corrected chi connectivity index (χ3v) is 5.43. The van der Waals surface area contributed by atoms with Crippen molar-refractivity contribution in [2.75, 3.05) is 18.5 Å². The molecule has 0 saturated heterocycles. The van der Waals surface area contributed by atoms with E-state index in [-0.39, 0.29) is 5.91 Å². The monoisotopic (exact) mass is 410 g/mol. The maximum atomic E-state index is 13.3.